The van der Waals surface area contributed by atoms with Crippen LogP contribution in [0.2, 0.25) is 0 Å². The Morgan fingerprint density at radius 3 is 2.65 bits per heavy atom. The molecule has 1 aromatic rings. The van der Waals surface area contributed by atoms with E-state index in [4.69, 9.17) is 5.11 Å². The van der Waals surface area contributed by atoms with Crippen molar-refractivity contribution in [1.82, 2.24) is 4.90 Å². The van der Waals surface area contributed by atoms with Gasteiger partial charge < -0.3 is 14.9 Å². The van der Waals surface area contributed by atoms with Crippen LogP contribution in [0.25, 0.3) is 0 Å². The highest BCUT2D eigenvalue weighted by Gasteiger charge is 2.05. The minimum absolute atomic E-state index is 0.187. The number of unbranched alkanes of at least 4 members (excludes halogenated alkanes) is 1. The SMILES string of the molecule is CCCCN(C)c1cccc(CN(C)CCC(=O)O)c1. The van der Waals surface area contributed by atoms with Crippen molar-refractivity contribution in [2.75, 3.05) is 32.1 Å². The molecule has 0 aromatic heterocycles. The first-order chi connectivity index (χ1) is 9.52. The van der Waals surface area contributed by atoms with Crippen molar-refractivity contribution >= 4 is 11.7 Å². The second kappa shape index (κ2) is 8.59. The van der Waals surface area contributed by atoms with Gasteiger partial charge in [-0.05, 0) is 31.2 Å². The van der Waals surface area contributed by atoms with E-state index in [1.165, 1.54) is 24.1 Å². The predicted molar refractivity (Wildman–Crippen MR) is 83.2 cm³/mol. The van der Waals surface area contributed by atoms with E-state index in [2.05, 4.69) is 43.1 Å². The Morgan fingerprint density at radius 1 is 1.25 bits per heavy atom. The first kappa shape index (κ1) is 16.5. The molecule has 1 N–H and O–H groups in total. The normalized spacial score (nSPS) is 10.8. The summed E-state index contributed by atoms with van der Waals surface area (Å²) in [5.41, 5.74) is 2.45. The molecule has 1 rings (SSSR count). The van der Waals surface area contributed by atoms with Gasteiger partial charge in [0, 0.05) is 32.4 Å². The van der Waals surface area contributed by atoms with Gasteiger partial charge in [-0.1, -0.05) is 25.5 Å². The summed E-state index contributed by atoms with van der Waals surface area (Å²) in [5, 5.41) is 8.69. The van der Waals surface area contributed by atoms with Crippen LogP contribution in [0.4, 0.5) is 5.69 Å². The third-order valence-electron chi connectivity index (χ3n) is 3.36. The number of benzene rings is 1. The van der Waals surface area contributed by atoms with Crippen molar-refractivity contribution in [1.29, 1.82) is 0 Å². The fraction of sp³-hybridized carbons (Fsp3) is 0.562. The Labute approximate surface area is 122 Å². The molecule has 0 heterocycles. The van der Waals surface area contributed by atoms with E-state index >= 15 is 0 Å². The lowest BCUT2D eigenvalue weighted by Crippen LogP contribution is -2.22. The molecule has 0 saturated heterocycles. The summed E-state index contributed by atoms with van der Waals surface area (Å²) < 4.78 is 0. The molecule has 0 aliphatic carbocycles. The van der Waals surface area contributed by atoms with Gasteiger partial charge in [0.25, 0.3) is 0 Å². The maximum absolute atomic E-state index is 10.6. The van der Waals surface area contributed by atoms with Crippen molar-refractivity contribution in [3.8, 4) is 0 Å². The zero-order chi connectivity index (χ0) is 15.0. The van der Waals surface area contributed by atoms with Crippen LogP contribution in [0, 0.1) is 0 Å². The summed E-state index contributed by atoms with van der Waals surface area (Å²) >= 11 is 0. The van der Waals surface area contributed by atoms with Gasteiger partial charge in [0.2, 0.25) is 0 Å². The standard InChI is InChI=1S/C16H26N2O2/c1-4-5-10-18(3)15-8-6-7-14(12-15)13-17(2)11-9-16(19)20/h6-8,12H,4-5,9-11,13H2,1-3H3,(H,19,20). The predicted octanol–water partition coefficient (Wildman–Crippen LogP) is 2.83. The van der Waals surface area contributed by atoms with Crippen LogP contribution in [-0.2, 0) is 11.3 Å². The lowest BCUT2D eigenvalue weighted by Gasteiger charge is -2.21. The number of anilines is 1. The molecule has 0 fully saturated rings. The number of carbonyl (C=O) groups is 1. The first-order valence-corrected chi connectivity index (χ1v) is 7.23. The van der Waals surface area contributed by atoms with Gasteiger partial charge in [0.15, 0.2) is 0 Å². The smallest absolute Gasteiger partial charge is 0.304 e. The van der Waals surface area contributed by atoms with Crippen molar-refractivity contribution in [2.24, 2.45) is 0 Å². The van der Waals surface area contributed by atoms with Crippen molar-refractivity contribution in [3.63, 3.8) is 0 Å². The molecule has 0 unspecified atom stereocenters. The minimum Gasteiger partial charge on any atom is -0.481 e. The van der Waals surface area contributed by atoms with Gasteiger partial charge in [0.1, 0.15) is 0 Å². The average Bonchev–Trinajstić information content (AvgIpc) is 2.42. The summed E-state index contributed by atoms with van der Waals surface area (Å²) in [7, 11) is 4.07. The topological polar surface area (TPSA) is 43.8 Å². The zero-order valence-electron chi connectivity index (χ0n) is 12.8. The van der Waals surface area contributed by atoms with Gasteiger partial charge >= 0.3 is 5.97 Å². The van der Waals surface area contributed by atoms with Crippen LogP contribution < -0.4 is 4.90 Å². The lowest BCUT2D eigenvalue weighted by molar-refractivity contribution is -0.137. The molecule has 0 aliphatic rings. The number of aliphatic carboxylic acids is 1. The molecule has 0 amide bonds. The van der Waals surface area contributed by atoms with E-state index in [9.17, 15) is 4.79 Å². The molecule has 0 radical (unpaired) electrons. The van der Waals surface area contributed by atoms with E-state index in [-0.39, 0.29) is 6.42 Å². The molecular weight excluding hydrogens is 252 g/mol. The van der Waals surface area contributed by atoms with E-state index in [0.717, 1.165) is 13.1 Å². The maximum Gasteiger partial charge on any atom is 0.304 e. The number of hydrogen-bond donors (Lipinski definition) is 1. The van der Waals surface area contributed by atoms with Crippen LogP contribution in [0.3, 0.4) is 0 Å². The van der Waals surface area contributed by atoms with E-state index in [0.29, 0.717) is 6.54 Å². The summed E-state index contributed by atoms with van der Waals surface area (Å²) in [4.78, 5) is 14.9. The number of carboxylic acid groups (broad SMARTS) is 1. The number of rotatable bonds is 9. The number of carboxylic acids is 1. The third kappa shape index (κ3) is 6.06. The highest BCUT2D eigenvalue weighted by molar-refractivity contribution is 5.66. The molecule has 0 saturated carbocycles. The molecule has 0 bridgehead atoms. The highest BCUT2D eigenvalue weighted by atomic mass is 16.4. The third-order valence-corrected chi connectivity index (χ3v) is 3.36. The molecule has 4 nitrogen and oxygen atoms in total. The molecule has 112 valence electrons. The van der Waals surface area contributed by atoms with Crippen molar-refractivity contribution in [3.05, 3.63) is 29.8 Å². The van der Waals surface area contributed by atoms with Crippen molar-refractivity contribution in [2.45, 2.75) is 32.7 Å². The molecular formula is C16H26N2O2. The molecule has 20 heavy (non-hydrogen) atoms. The van der Waals surface area contributed by atoms with Crippen molar-refractivity contribution < 1.29 is 9.90 Å². The Balaban J connectivity index is 2.56. The number of hydrogen-bond acceptors (Lipinski definition) is 3. The van der Waals surface area contributed by atoms with Crippen LogP contribution in [0.5, 0.6) is 0 Å². The quantitative estimate of drug-likeness (QED) is 0.754. The van der Waals surface area contributed by atoms with E-state index in [1.54, 1.807) is 0 Å². The van der Waals surface area contributed by atoms with Gasteiger partial charge in [-0.25, -0.2) is 0 Å². The van der Waals surface area contributed by atoms with E-state index < -0.39 is 5.97 Å². The second-order valence-corrected chi connectivity index (χ2v) is 5.33. The van der Waals surface area contributed by atoms with Crippen LogP contribution in [0.1, 0.15) is 31.7 Å². The summed E-state index contributed by atoms with van der Waals surface area (Å²) in [5.74, 6) is -0.745. The van der Waals surface area contributed by atoms with Gasteiger partial charge in [-0.3, -0.25) is 4.79 Å². The van der Waals surface area contributed by atoms with Gasteiger partial charge in [0.05, 0.1) is 6.42 Å². The Morgan fingerprint density at radius 2 is 2.00 bits per heavy atom. The fourth-order valence-corrected chi connectivity index (χ4v) is 2.09. The highest BCUT2D eigenvalue weighted by Crippen LogP contribution is 2.16. The zero-order valence-corrected chi connectivity index (χ0v) is 12.8. The Kier molecular flexibility index (Phi) is 7.09. The van der Waals surface area contributed by atoms with Crippen LogP contribution in [0.15, 0.2) is 24.3 Å². The minimum atomic E-state index is -0.745. The van der Waals surface area contributed by atoms with Gasteiger partial charge in [-0.2, -0.15) is 0 Å². The van der Waals surface area contributed by atoms with Crippen LogP contribution in [-0.4, -0.2) is 43.2 Å². The molecule has 0 aliphatic heterocycles. The largest absolute Gasteiger partial charge is 0.481 e. The van der Waals surface area contributed by atoms with Gasteiger partial charge in [-0.15, -0.1) is 0 Å². The fourth-order valence-electron chi connectivity index (χ4n) is 2.09. The second-order valence-electron chi connectivity index (χ2n) is 5.33. The lowest BCUT2D eigenvalue weighted by atomic mass is 10.1. The Hall–Kier alpha value is -1.55. The molecule has 4 heteroatoms. The Bertz CT molecular complexity index is 421. The maximum atomic E-state index is 10.6. The first-order valence-electron chi connectivity index (χ1n) is 7.23. The summed E-state index contributed by atoms with van der Waals surface area (Å²) in [6, 6.07) is 8.47. The van der Waals surface area contributed by atoms with E-state index in [1.807, 2.05) is 11.9 Å². The summed E-state index contributed by atoms with van der Waals surface area (Å²) in [6.45, 7) is 4.62. The molecule has 0 spiro atoms. The monoisotopic (exact) mass is 278 g/mol. The molecule has 1 aromatic carbocycles. The number of nitrogens with zero attached hydrogens (tertiary/aromatic N) is 2. The van der Waals surface area contributed by atoms with Crippen LogP contribution >= 0.6 is 0 Å². The average molecular weight is 278 g/mol. The summed E-state index contributed by atoms with van der Waals surface area (Å²) in [6.07, 6.45) is 2.58. The molecule has 0 atom stereocenters.